The Hall–Kier alpha value is -4.84. The summed E-state index contributed by atoms with van der Waals surface area (Å²) >= 11 is 0. The highest BCUT2D eigenvalue weighted by molar-refractivity contribution is 5.69. The molecule has 6 nitrogen and oxygen atoms in total. The fourth-order valence-corrected chi connectivity index (χ4v) is 4.96. The van der Waals surface area contributed by atoms with Crippen molar-refractivity contribution >= 4 is 17.8 Å². The third-order valence-electron chi connectivity index (χ3n) is 7.38. The zero-order valence-corrected chi connectivity index (χ0v) is 25.4. The number of fused-ring (bicyclic) bond motifs is 1. The van der Waals surface area contributed by atoms with Crippen LogP contribution in [0.4, 0.5) is 5.69 Å². The molecule has 1 aromatic heterocycles. The second-order valence-electron chi connectivity index (χ2n) is 10.4. The van der Waals surface area contributed by atoms with E-state index in [1.807, 2.05) is 86.7 Å². The summed E-state index contributed by atoms with van der Waals surface area (Å²) in [5.74, 6) is 1.79. The molecule has 0 aliphatic heterocycles. The maximum atomic E-state index is 13.8. The Labute approximate surface area is 254 Å². The van der Waals surface area contributed by atoms with Crippen LogP contribution in [0.5, 0.6) is 11.5 Å². The molecule has 220 valence electrons. The topological polar surface area (TPSA) is 65.4 Å². The van der Waals surface area contributed by atoms with Crippen molar-refractivity contribution in [1.29, 1.82) is 0 Å². The predicted octanol–water partition coefficient (Wildman–Crippen LogP) is 8.48. The molecule has 2 aliphatic carbocycles. The second-order valence-corrected chi connectivity index (χ2v) is 10.4. The molecule has 43 heavy (non-hydrogen) atoms. The zero-order valence-electron chi connectivity index (χ0n) is 25.4. The molecule has 1 fully saturated rings. The van der Waals surface area contributed by atoms with Crippen molar-refractivity contribution in [3.8, 4) is 22.9 Å². The molecular weight excluding hydrogens is 534 g/mol. The first-order valence-electron chi connectivity index (χ1n) is 15.0. The number of allylic oxidation sites excluding steroid dienone is 4. The SMILES string of the molecule is CC.COc1ccc(-c2nc3c(c(=O)n2Cc2ccccc2)C=CCC=C3)cc1OCc1ccc(NC(C)=C2CC2)cc1. The number of aromatic nitrogens is 2. The van der Waals surface area contributed by atoms with E-state index in [-0.39, 0.29) is 5.56 Å². The van der Waals surface area contributed by atoms with Crippen LogP contribution in [0.25, 0.3) is 23.5 Å². The van der Waals surface area contributed by atoms with Gasteiger partial charge in [-0.25, -0.2) is 4.98 Å². The van der Waals surface area contributed by atoms with Gasteiger partial charge in [-0.05, 0) is 73.7 Å². The Morgan fingerprint density at radius 1 is 0.907 bits per heavy atom. The molecule has 0 saturated heterocycles. The third kappa shape index (κ3) is 7.15. The number of hydrogen-bond donors (Lipinski definition) is 1. The molecule has 1 saturated carbocycles. The van der Waals surface area contributed by atoms with Gasteiger partial charge in [-0.2, -0.15) is 0 Å². The van der Waals surface area contributed by atoms with E-state index in [4.69, 9.17) is 14.5 Å². The van der Waals surface area contributed by atoms with Crippen molar-refractivity contribution in [3.63, 3.8) is 0 Å². The van der Waals surface area contributed by atoms with Crippen LogP contribution in [0.15, 0.2) is 101 Å². The van der Waals surface area contributed by atoms with Crippen LogP contribution in [0.3, 0.4) is 0 Å². The van der Waals surface area contributed by atoms with Crippen molar-refractivity contribution < 1.29 is 9.47 Å². The number of rotatable bonds is 9. The van der Waals surface area contributed by atoms with Crippen molar-refractivity contribution in [3.05, 3.63) is 129 Å². The smallest absolute Gasteiger partial charge is 0.261 e. The molecular formula is C37H39N3O3. The average molecular weight is 574 g/mol. The molecule has 0 bridgehead atoms. The van der Waals surface area contributed by atoms with Crippen LogP contribution in [-0.4, -0.2) is 16.7 Å². The number of anilines is 1. The van der Waals surface area contributed by atoms with Crippen LogP contribution in [-0.2, 0) is 13.2 Å². The van der Waals surface area contributed by atoms with Crippen LogP contribution >= 0.6 is 0 Å². The van der Waals surface area contributed by atoms with E-state index in [0.29, 0.717) is 41.7 Å². The minimum atomic E-state index is -0.0730. The summed E-state index contributed by atoms with van der Waals surface area (Å²) in [6.07, 6.45) is 11.0. The molecule has 2 aliphatic rings. The molecule has 0 spiro atoms. The van der Waals surface area contributed by atoms with Gasteiger partial charge in [-0.1, -0.05) is 80.1 Å². The van der Waals surface area contributed by atoms with E-state index in [0.717, 1.165) is 28.8 Å². The Morgan fingerprint density at radius 2 is 1.65 bits per heavy atom. The number of hydrogen-bond acceptors (Lipinski definition) is 5. The summed E-state index contributed by atoms with van der Waals surface area (Å²) in [6.45, 7) is 6.91. The van der Waals surface area contributed by atoms with E-state index in [9.17, 15) is 4.79 Å². The molecule has 0 radical (unpaired) electrons. The Morgan fingerprint density at radius 3 is 2.37 bits per heavy atom. The summed E-state index contributed by atoms with van der Waals surface area (Å²) < 4.78 is 13.6. The minimum absolute atomic E-state index is 0.0730. The van der Waals surface area contributed by atoms with Gasteiger partial charge in [0.25, 0.3) is 5.56 Å². The van der Waals surface area contributed by atoms with E-state index in [2.05, 4.69) is 36.5 Å². The molecule has 0 atom stereocenters. The van der Waals surface area contributed by atoms with Gasteiger partial charge in [0.15, 0.2) is 11.5 Å². The fourth-order valence-electron chi connectivity index (χ4n) is 4.96. The Bertz CT molecular complexity index is 1710. The predicted molar refractivity (Wildman–Crippen MR) is 176 cm³/mol. The van der Waals surface area contributed by atoms with E-state index < -0.39 is 0 Å². The highest BCUT2D eigenvalue weighted by atomic mass is 16.5. The third-order valence-corrected chi connectivity index (χ3v) is 7.38. The number of ether oxygens (including phenoxy) is 2. The maximum absolute atomic E-state index is 13.8. The molecule has 3 aromatic carbocycles. The molecule has 1 heterocycles. The zero-order chi connectivity index (χ0) is 30.2. The summed E-state index contributed by atoms with van der Waals surface area (Å²) in [5.41, 5.74) is 7.86. The van der Waals surface area contributed by atoms with Crippen LogP contribution < -0.4 is 20.3 Å². The second kappa shape index (κ2) is 13.9. The quantitative estimate of drug-likeness (QED) is 0.218. The first-order chi connectivity index (χ1) is 21.1. The van der Waals surface area contributed by atoms with Crippen LogP contribution in [0.2, 0.25) is 0 Å². The maximum Gasteiger partial charge on any atom is 0.261 e. The van der Waals surface area contributed by atoms with Gasteiger partial charge < -0.3 is 14.8 Å². The van der Waals surface area contributed by atoms with E-state index in [1.165, 1.54) is 24.1 Å². The monoisotopic (exact) mass is 573 g/mol. The number of nitrogens with one attached hydrogen (secondary N) is 1. The fraction of sp³-hybridized carbons (Fsp3) is 0.243. The average Bonchev–Trinajstić information content (AvgIpc) is 3.92. The largest absolute Gasteiger partial charge is 0.493 e. The summed E-state index contributed by atoms with van der Waals surface area (Å²) in [5, 5.41) is 3.48. The summed E-state index contributed by atoms with van der Waals surface area (Å²) in [6, 6.07) is 23.9. The summed E-state index contributed by atoms with van der Waals surface area (Å²) in [4.78, 5) is 18.8. The van der Waals surface area contributed by atoms with Gasteiger partial charge in [-0.15, -0.1) is 0 Å². The van der Waals surface area contributed by atoms with Crippen molar-refractivity contribution in [2.75, 3.05) is 12.4 Å². The lowest BCUT2D eigenvalue weighted by Crippen LogP contribution is -2.27. The number of methoxy groups -OCH3 is 1. The van der Waals surface area contributed by atoms with Gasteiger partial charge in [0.05, 0.1) is 24.9 Å². The number of benzene rings is 3. The highest BCUT2D eigenvalue weighted by Gasteiger charge is 2.18. The molecule has 6 rings (SSSR count). The lowest BCUT2D eigenvalue weighted by Gasteiger charge is -2.17. The lowest BCUT2D eigenvalue weighted by molar-refractivity contribution is 0.284. The normalized spacial score (nSPS) is 12.9. The number of nitrogens with zero attached hydrogens (tertiary/aromatic N) is 2. The Balaban J connectivity index is 0.00000180. The highest BCUT2D eigenvalue weighted by Crippen LogP contribution is 2.34. The van der Waals surface area contributed by atoms with Crippen molar-refractivity contribution in [2.24, 2.45) is 0 Å². The van der Waals surface area contributed by atoms with E-state index >= 15 is 0 Å². The van der Waals surface area contributed by atoms with Gasteiger partial charge >= 0.3 is 0 Å². The van der Waals surface area contributed by atoms with E-state index in [1.54, 1.807) is 11.7 Å². The molecule has 6 heteroatoms. The molecule has 1 N–H and O–H groups in total. The van der Waals surface area contributed by atoms with Gasteiger partial charge in [0.1, 0.15) is 12.4 Å². The van der Waals surface area contributed by atoms with Crippen LogP contribution in [0.1, 0.15) is 62.4 Å². The van der Waals surface area contributed by atoms with Crippen LogP contribution in [0, 0.1) is 0 Å². The molecule has 4 aromatic rings. The van der Waals surface area contributed by atoms with Crippen molar-refractivity contribution in [2.45, 2.75) is 53.2 Å². The Kier molecular flexibility index (Phi) is 9.57. The van der Waals surface area contributed by atoms with Gasteiger partial charge in [0, 0.05) is 16.9 Å². The first kappa shape index (κ1) is 29.6. The lowest BCUT2D eigenvalue weighted by atomic mass is 10.1. The molecule has 0 amide bonds. The minimum Gasteiger partial charge on any atom is -0.493 e. The standard InChI is InChI=1S/C35H33N3O3.C2H6/c1-24(27-15-16-27)36-29-18-13-26(14-19-29)23-41-33-21-28(17-20-32(33)40-2)34-37-31-12-8-4-7-11-30(31)35(39)38(34)22-25-9-5-3-6-10-25;1-2/h3,5-14,17-21,36H,4,15-16,22-23H2,1-2H3;1-2H3. The summed E-state index contributed by atoms with van der Waals surface area (Å²) in [7, 11) is 1.63. The van der Waals surface area contributed by atoms with Gasteiger partial charge in [-0.3, -0.25) is 9.36 Å². The van der Waals surface area contributed by atoms with Gasteiger partial charge in [0.2, 0.25) is 0 Å². The first-order valence-corrected chi connectivity index (χ1v) is 15.0. The molecule has 0 unspecified atom stereocenters. The van der Waals surface area contributed by atoms with Crippen molar-refractivity contribution in [1.82, 2.24) is 9.55 Å².